The zero-order valence-corrected chi connectivity index (χ0v) is 12.9. The number of hydrogen-bond acceptors (Lipinski definition) is 2. The molecule has 21 heavy (non-hydrogen) atoms. The van der Waals surface area contributed by atoms with Crippen molar-refractivity contribution in [1.82, 2.24) is 0 Å². The van der Waals surface area contributed by atoms with Crippen LogP contribution in [0.5, 0.6) is 0 Å². The van der Waals surface area contributed by atoms with Crippen LogP contribution < -0.4 is 0 Å². The molecule has 10 unspecified atom stereocenters. The van der Waals surface area contributed by atoms with E-state index in [-0.39, 0.29) is 0 Å². The Hall–Kier alpha value is -0.500. The summed E-state index contributed by atoms with van der Waals surface area (Å²) in [4.78, 5) is 0. The maximum absolute atomic E-state index is 9.70. The molecule has 2 nitrogen and oxygen atoms in total. The Morgan fingerprint density at radius 3 is 2.62 bits per heavy atom. The third kappa shape index (κ3) is 1.53. The van der Waals surface area contributed by atoms with E-state index in [1.165, 1.54) is 32.1 Å². The average Bonchev–Trinajstić information content (AvgIpc) is 3.24. The summed E-state index contributed by atoms with van der Waals surface area (Å²) < 4.78 is 5.57. The van der Waals surface area contributed by atoms with E-state index >= 15 is 0 Å². The molecule has 0 aromatic carbocycles. The maximum Gasteiger partial charge on any atom is 0.0903 e. The van der Waals surface area contributed by atoms with Gasteiger partial charge < -0.3 is 9.84 Å². The second-order valence-corrected chi connectivity index (χ2v) is 8.63. The molecule has 5 aliphatic carbocycles. The summed E-state index contributed by atoms with van der Waals surface area (Å²) in [6.45, 7) is 5.06. The normalized spacial score (nSPS) is 59.3. The van der Waals surface area contributed by atoms with Crippen molar-refractivity contribution >= 4 is 0 Å². The molecule has 2 heteroatoms. The minimum Gasteiger partial charge on any atom is -0.502 e. The summed E-state index contributed by atoms with van der Waals surface area (Å²) >= 11 is 0. The van der Waals surface area contributed by atoms with Crippen LogP contribution in [0.15, 0.2) is 12.8 Å². The Kier molecular flexibility index (Phi) is 2.78. The van der Waals surface area contributed by atoms with Gasteiger partial charge in [-0.1, -0.05) is 6.58 Å². The number of aliphatic hydroxyl groups excluding tert-OH is 1. The molecule has 0 aromatic rings. The third-order valence-electron chi connectivity index (χ3n) is 8.42. The summed E-state index contributed by atoms with van der Waals surface area (Å²) in [5.74, 6) is 9.23. The summed E-state index contributed by atoms with van der Waals surface area (Å²) in [5, 5.41) is 9.70. The quantitative estimate of drug-likeness (QED) is 0.635. The molecule has 0 aliphatic heterocycles. The lowest BCUT2D eigenvalue weighted by Crippen LogP contribution is -2.41. The van der Waals surface area contributed by atoms with Crippen molar-refractivity contribution in [3.8, 4) is 0 Å². The largest absolute Gasteiger partial charge is 0.502 e. The molecule has 0 saturated heterocycles. The van der Waals surface area contributed by atoms with Crippen molar-refractivity contribution in [2.75, 3.05) is 13.2 Å². The first-order valence-corrected chi connectivity index (χ1v) is 9.16. The first-order chi connectivity index (χ1) is 10.3. The van der Waals surface area contributed by atoms with Gasteiger partial charge in [-0.2, -0.15) is 0 Å². The molecule has 116 valence electrons. The molecule has 0 amide bonds. The smallest absolute Gasteiger partial charge is 0.0903 e. The van der Waals surface area contributed by atoms with Crippen molar-refractivity contribution < 1.29 is 9.84 Å². The molecule has 0 aromatic heterocycles. The van der Waals surface area contributed by atoms with E-state index in [1.54, 1.807) is 6.26 Å². The van der Waals surface area contributed by atoms with Crippen LogP contribution in [0.4, 0.5) is 0 Å². The predicted molar refractivity (Wildman–Crippen MR) is 81.2 cm³/mol. The first-order valence-electron chi connectivity index (χ1n) is 9.16. The zero-order chi connectivity index (χ0) is 14.1. The molecule has 5 fully saturated rings. The van der Waals surface area contributed by atoms with E-state index in [0.717, 1.165) is 59.9 Å². The van der Waals surface area contributed by atoms with Gasteiger partial charge in [-0.15, -0.1) is 0 Å². The van der Waals surface area contributed by atoms with E-state index in [0.29, 0.717) is 12.5 Å². The standard InChI is InChI=1S/C19H28O2/c1-2-21-9-10-3-4-13-15-7-16(17(10)13)19-14-6-11(18(15)19)5-12(14)8-20/h2,10-20H,1,3-9H2. The minimum absolute atomic E-state index is 0.443. The van der Waals surface area contributed by atoms with Gasteiger partial charge in [0.15, 0.2) is 0 Å². The SMILES string of the molecule is C=COCC1CCC2C3CC(C12)C1C2CC(CC2CO)C31. The fourth-order valence-electron chi connectivity index (χ4n) is 8.23. The van der Waals surface area contributed by atoms with Gasteiger partial charge in [-0.05, 0) is 91.3 Å². The summed E-state index contributed by atoms with van der Waals surface area (Å²) in [5.41, 5.74) is 0. The van der Waals surface area contributed by atoms with Gasteiger partial charge >= 0.3 is 0 Å². The highest BCUT2D eigenvalue weighted by Crippen LogP contribution is 2.74. The molecular weight excluding hydrogens is 260 g/mol. The van der Waals surface area contributed by atoms with Crippen molar-refractivity contribution in [1.29, 1.82) is 0 Å². The van der Waals surface area contributed by atoms with Crippen molar-refractivity contribution in [2.24, 2.45) is 59.2 Å². The van der Waals surface area contributed by atoms with Crippen LogP contribution >= 0.6 is 0 Å². The van der Waals surface area contributed by atoms with Gasteiger partial charge in [0, 0.05) is 6.61 Å². The molecule has 0 heterocycles. The molecule has 0 spiro atoms. The lowest BCUT2D eigenvalue weighted by atomic mass is 9.61. The van der Waals surface area contributed by atoms with Crippen LogP contribution in [0.1, 0.15) is 32.1 Å². The summed E-state index contributed by atoms with van der Waals surface area (Å²) in [6.07, 6.45) is 8.77. The molecular formula is C19H28O2. The van der Waals surface area contributed by atoms with Crippen LogP contribution in [0.25, 0.3) is 0 Å². The molecule has 4 bridgehead atoms. The van der Waals surface area contributed by atoms with Gasteiger partial charge in [0.25, 0.3) is 0 Å². The van der Waals surface area contributed by atoms with Crippen LogP contribution in [-0.4, -0.2) is 18.3 Å². The van der Waals surface area contributed by atoms with Crippen LogP contribution in [0, 0.1) is 59.2 Å². The molecule has 5 saturated carbocycles. The van der Waals surface area contributed by atoms with Crippen LogP contribution in [0.3, 0.4) is 0 Å². The van der Waals surface area contributed by atoms with Crippen molar-refractivity contribution in [2.45, 2.75) is 32.1 Å². The van der Waals surface area contributed by atoms with Crippen molar-refractivity contribution in [3.63, 3.8) is 0 Å². The van der Waals surface area contributed by atoms with Gasteiger partial charge in [-0.3, -0.25) is 0 Å². The Balaban J connectivity index is 1.41. The van der Waals surface area contributed by atoms with E-state index in [4.69, 9.17) is 4.74 Å². The fourth-order valence-corrected chi connectivity index (χ4v) is 8.23. The lowest BCUT2D eigenvalue weighted by Gasteiger charge is -2.44. The Labute approximate surface area is 127 Å². The number of fused-ring (bicyclic) bond motifs is 12. The predicted octanol–water partition coefficient (Wildman–Crippen LogP) is 3.32. The fraction of sp³-hybridized carbons (Fsp3) is 0.895. The molecule has 10 atom stereocenters. The van der Waals surface area contributed by atoms with E-state index in [9.17, 15) is 5.11 Å². The van der Waals surface area contributed by atoms with Gasteiger partial charge in [0.2, 0.25) is 0 Å². The Bertz CT molecular complexity index is 447. The third-order valence-corrected chi connectivity index (χ3v) is 8.42. The lowest BCUT2D eigenvalue weighted by molar-refractivity contribution is 0.0103. The zero-order valence-electron chi connectivity index (χ0n) is 12.9. The average molecular weight is 288 g/mol. The van der Waals surface area contributed by atoms with E-state index in [2.05, 4.69) is 6.58 Å². The Morgan fingerprint density at radius 2 is 1.81 bits per heavy atom. The number of ether oxygens (including phenoxy) is 1. The topological polar surface area (TPSA) is 29.5 Å². The van der Waals surface area contributed by atoms with Crippen LogP contribution in [-0.2, 0) is 4.74 Å². The van der Waals surface area contributed by atoms with Gasteiger partial charge in [0.1, 0.15) is 0 Å². The highest BCUT2D eigenvalue weighted by Gasteiger charge is 2.68. The summed E-state index contributed by atoms with van der Waals surface area (Å²) in [6, 6.07) is 0. The van der Waals surface area contributed by atoms with Gasteiger partial charge in [0.05, 0.1) is 12.9 Å². The molecule has 0 radical (unpaired) electrons. The summed E-state index contributed by atoms with van der Waals surface area (Å²) in [7, 11) is 0. The molecule has 1 N–H and O–H groups in total. The van der Waals surface area contributed by atoms with Crippen molar-refractivity contribution in [3.05, 3.63) is 12.8 Å². The van der Waals surface area contributed by atoms with E-state index in [1.807, 2.05) is 0 Å². The minimum atomic E-state index is 0.443. The highest BCUT2D eigenvalue weighted by molar-refractivity contribution is 5.16. The maximum atomic E-state index is 9.70. The second kappa shape index (κ2) is 4.50. The first kappa shape index (κ1) is 13.0. The number of aliphatic hydroxyl groups is 1. The number of rotatable bonds is 4. The van der Waals surface area contributed by atoms with Gasteiger partial charge in [-0.25, -0.2) is 0 Å². The van der Waals surface area contributed by atoms with E-state index < -0.39 is 0 Å². The van der Waals surface area contributed by atoms with Crippen LogP contribution in [0.2, 0.25) is 0 Å². The highest BCUT2D eigenvalue weighted by atomic mass is 16.5. The monoisotopic (exact) mass is 288 g/mol. The number of hydrogen-bond donors (Lipinski definition) is 1. The Morgan fingerprint density at radius 1 is 0.905 bits per heavy atom. The second-order valence-electron chi connectivity index (χ2n) is 8.63. The molecule has 5 aliphatic rings. The molecule has 5 rings (SSSR count).